The van der Waals surface area contributed by atoms with Crippen LogP contribution in [0.15, 0.2) is 54.6 Å². The molecule has 1 unspecified atom stereocenters. The van der Waals surface area contributed by atoms with Gasteiger partial charge in [-0.2, -0.15) is 5.26 Å². The molecule has 0 aliphatic heterocycles. The van der Waals surface area contributed by atoms with Crippen LogP contribution in [-0.2, 0) is 9.59 Å². The van der Waals surface area contributed by atoms with Crippen molar-refractivity contribution in [2.24, 2.45) is 0 Å². The van der Waals surface area contributed by atoms with Gasteiger partial charge in [0.15, 0.2) is 17.6 Å². The molecular formula is C24H23ClN2O5. The van der Waals surface area contributed by atoms with Crippen molar-refractivity contribution in [1.82, 2.24) is 5.32 Å². The number of nitrogens with one attached hydrogen (secondary N) is 1. The molecule has 1 N–H and O–H groups in total. The van der Waals surface area contributed by atoms with E-state index < -0.39 is 18.0 Å². The number of hydrogen-bond acceptors (Lipinski definition) is 6. The van der Waals surface area contributed by atoms with E-state index in [0.717, 1.165) is 5.56 Å². The number of benzene rings is 2. The number of methoxy groups -OCH3 is 1. The Morgan fingerprint density at radius 2 is 1.94 bits per heavy atom. The molecule has 0 fully saturated rings. The van der Waals surface area contributed by atoms with Crippen LogP contribution < -0.4 is 19.5 Å². The number of carbonyl (C=O) groups excluding carboxylic acids is 2. The molecule has 0 bridgehead atoms. The molecule has 2 rings (SSSR count). The van der Waals surface area contributed by atoms with Crippen LogP contribution in [0.2, 0.25) is 5.02 Å². The van der Waals surface area contributed by atoms with Gasteiger partial charge in [0.25, 0.3) is 5.91 Å². The van der Waals surface area contributed by atoms with E-state index in [4.69, 9.17) is 25.8 Å². The lowest BCUT2D eigenvalue weighted by Crippen LogP contribution is -2.28. The van der Waals surface area contributed by atoms with Crippen LogP contribution in [0.25, 0.3) is 6.08 Å². The third-order valence-corrected chi connectivity index (χ3v) is 4.49. The van der Waals surface area contributed by atoms with Gasteiger partial charge >= 0.3 is 5.97 Å². The van der Waals surface area contributed by atoms with Crippen molar-refractivity contribution in [3.8, 4) is 23.3 Å². The number of rotatable bonds is 9. The van der Waals surface area contributed by atoms with E-state index in [0.29, 0.717) is 16.3 Å². The van der Waals surface area contributed by atoms with E-state index in [1.54, 1.807) is 37.3 Å². The van der Waals surface area contributed by atoms with Gasteiger partial charge in [0.05, 0.1) is 7.11 Å². The number of esters is 1. The Labute approximate surface area is 191 Å². The van der Waals surface area contributed by atoms with Crippen molar-refractivity contribution >= 4 is 29.6 Å². The van der Waals surface area contributed by atoms with Gasteiger partial charge in [0, 0.05) is 11.6 Å². The molecule has 1 atom stereocenters. The molecule has 0 spiro atoms. The summed E-state index contributed by atoms with van der Waals surface area (Å²) in [5.41, 5.74) is 1.23. The lowest BCUT2D eigenvalue weighted by atomic mass is 10.1. The Balaban J connectivity index is 2.15. The molecule has 0 saturated carbocycles. The van der Waals surface area contributed by atoms with E-state index in [9.17, 15) is 14.9 Å². The number of ether oxygens (including phenoxy) is 3. The molecule has 8 heteroatoms. The summed E-state index contributed by atoms with van der Waals surface area (Å²) >= 11 is 5.94. The lowest BCUT2D eigenvalue weighted by Gasteiger charge is -2.16. The average Bonchev–Trinajstić information content (AvgIpc) is 2.78. The SMILES string of the molecule is C=CCNC(=O)C(C#N)=Cc1ccc(OC(=O)C(C)Oc2ccc(Cl)cc2C)c(OC)c1. The molecule has 7 nitrogen and oxygen atoms in total. The van der Waals surface area contributed by atoms with Crippen molar-refractivity contribution in [3.05, 3.63) is 70.8 Å². The number of hydrogen-bond donors (Lipinski definition) is 1. The molecule has 2 aromatic rings. The second-order valence-electron chi connectivity index (χ2n) is 6.67. The van der Waals surface area contributed by atoms with Gasteiger partial charge in [-0.25, -0.2) is 4.79 Å². The fourth-order valence-corrected chi connectivity index (χ4v) is 2.84. The molecule has 0 radical (unpaired) electrons. The van der Waals surface area contributed by atoms with E-state index in [-0.39, 0.29) is 23.6 Å². The number of amides is 1. The Morgan fingerprint density at radius 3 is 2.56 bits per heavy atom. The maximum Gasteiger partial charge on any atom is 0.352 e. The van der Waals surface area contributed by atoms with Gasteiger partial charge in [0.1, 0.15) is 17.4 Å². The van der Waals surface area contributed by atoms with E-state index >= 15 is 0 Å². The fourth-order valence-electron chi connectivity index (χ4n) is 2.61. The number of carbonyl (C=O) groups is 2. The van der Waals surface area contributed by atoms with Crippen molar-refractivity contribution in [2.75, 3.05) is 13.7 Å². The van der Waals surface area contributed by atoms with Gasteiger partial charge in [0.2, 0.25) is 0 Å². The molecule has 166 valence electrons. The first-order valence-electron chi connectivity index (χ1n) is 9.62. The summed E-state index contributed by atoms with van der Waals surface area (Å²) in [7, 11) is 1.42. The summed E-state index contributed by atoms with van der Waals surface area (Å²) in [4.78, 5) is 24.5. The zero-order chi connectivity index (χ0) is 23.7. The largest absolute Gasteiger partial charge is 0.493 e. The third-order valence-electron chi connectivity index (χ3n) is 4.25. The summed E-state index contributed by atoms with van der Waals surface area (Å²) in [6.45, 7) is 7.15. The van der Waals surface area contributed by atoms with E-state index in [2.05, 4.69) is 11.9 Å². The van der Waals surface area contributed by atoms with Crippen LogP contribution in [0.1, 0.15) is 18.1 Å². The number of aryl methyl sites for hydroxylation is 1. The normalized spacial score (nSPS) is 11.7. The van der Waals surface area contributed by atoms with Crippen LogP contribution in [-0.4, -0.2) is 31.6 Å². The minimum absolute atomic E-state index is 0.0843. The number of nitrogens with zero attached hydrogens (tertiary/aromatic N) is 1. The number of halogens is 1. The first-order chi connectivity index (χ1) is 15.3. The fraction of sp³-hybridized carbons (Fsp3) is 0.208. The lowest BCUT2D eigenvalue weighted by molar-refractivity contribution is -0.141. The summed E-state index contributed by atoms with van der Waals surface area (Å²) in [6.07, 6.45) is 2.03. The highest BCUT2D eigenvalue weighted by Crippen LogP contribution is 2.30. The smallest absolute Gasteiger partial charge is 0.352 e. The van der Waals surface area contributed by atoms with Crippen molar-refractivity contribution < 1.29 is 23.8 Å². The molecule has 1 amide bonds. The van der Waals surface area contributed by atoms with Crippen LogP contribution in [0, 0.1) is 18.3 Å². The van der Waals surface area contributed by atoms with Crippen molar-refractivity contribution in [2.45, 2.75) is 20.0 Å². The van der Waals surface area contributed by atoms with E-state index in [1.165, 1.54) is 25.3 Å². The Hall–Kier alpha value is -3.76. The summed E-state index contributed by atoms with van der Waals surface area (Å²) in [6, 6.07) is 11.6. The van der Waals surface area contributed by atoms with Crippen LogP contribution in [0.5, 0.6) is 17.2 Å². The zero-order valence-corrected chi connectivity index (χ0v) is 18.7. The van der Waals surface area contributed by atoms with Crippen molar-refractivity contribution in [1.29, 1.82) is 5.26 Å². The van der Waals surface area contributed by atoms with Gasteiger partial charge in [-0.15, -0.1) is 6.58 Å². The summed E-state index contributed by atoms with van der Waals surface area (Å²) < 4.78 is 16.4. The highest BCUT2D eigenvalue weighted by molar-refractivity contribution is 6.30. The van der Waals surface area contributed by atoms with Crippen molar-refractivity contribution in [3.63, 3.8) is 0 Å². The monoisotopic (exact) mass is 454 g/mol. The minimum Gasteiger partial charge on any atom is -0.493 e. The molecule has 32 heavy (non-hydrogen) atoms. The minimum atomic E-state index is -0.891. The zero-order valence-electron chi connectivity index (χ0n) is 18.0. The number of nitriles is 1. The van der Waals surface area contributed by atoms with Gasteiger partial charge in [-0.3, -0.25) is 4.79 Å². The Bertz CT molecular complexity index is 1090. The molecule has 0 aliphatic rings. The Morgan fingerprint density at radius 1 is 1.22 bits per heavy atom. The molecule has 0 saturated heterocycles. The van der Waals surface area contributed by atoms with Gasteiger partial charge in [-0.05, 0) is 61.4 Å². The van der Waals surface area contributed by atoms with Crippen LogP contribution in [0.4, 0.5) is 0 Å². The van der Waals surface area contributed by atoms with E-state index in [1.807, 2.05) is 13.0 Å². The standard InChI is InChI=1S/C24H23ClN2O5/c1-5-10-27-23(28)18(14-26)12-17-6-8-21(22(13-17)30-4)32-24(29)16(3)31-20-9-7-19(25)11-15(20)2/h5-9,11-13,16H,1,10H2,2-4H3,(H,27,28). The topological polar surface area (TPSA) is 97.7 Å². The summed E-state index contributed by atoms with van der Waals surface area (Å²) in [5.74, 6) is -0.198. The second kappa shape index (κ2) is 11.6. The molecule has 0 heterocycles. The molecular weight excluding hydrogens is 432 g/mol. The highest BCUT2D eigenvalue weighted by Gasteiger charge is 2.20. The third kappa shape index (κ3) is 6.62. The predicted molar refractivity (Wildman–Crippen MR) is 122 cm³/mol. The molecule has 2 aromatic carbocycles. The predicted octanol–water partition coefficient (Wildman–Crippen LogP) is 4.24. The Kier molecular flexibility index (Phi) is 8.87. The first kappa shape index (κ1) is 24.5. The first-order valence-corrected chi connectivity index (χ1v) is 10.00. The van der Waals surface area contributed by atoms with Crippen LogP contribution >= 0.6 is 11.6 Å². The van der Waals surface area contributed by atoms with Gasteiger partial charge in [-0.1, -0.05) is 23.7 Å². The van der Waals surface area contributed by atoms with Gasteiger partial charge < -0.3 is 19.5 Å². The average molecular weight is 455 g/mol. The quantitative estimate of drug-likeness (QED) is 0.200. The van der Waals surface area contributed by atoms with Crippen LogP contribution in [0.3, 0.4) is 0 Å². The maximum atomic E-state index is 12.5. The molecule has 0 aliphatic carbocycles. The maximum absolute atomic E-state index is 12.5. The highest BCUT2D eigenvalue weighted by atomic mass is 35.5. The second-order valence-corrected chi connectivity index (χ2v) is 7.11. The molecule has 0 aromatic heterocycles. The summed E-state index contributed by atoms with van der Waals surface area (Å²) in [5, 5.41) is 12.4.